The molecule has 60 heavy (non-hydrogen) atoms. The summed E-state index contributed by atoms with van der Waals surface area (Å²) in [7, 11) is 2.94. The third-order valence-corrected chi connectivity index (χ3v) is 12.0. The van der Waals surface area contributed by atoms with E-state index in [1.165, 1.54) is 38.5 Å². The first-order valence-electron chi connectivity index (χ1n) is 17.7. The SMILES string of the molecule is COc1ccc(-c2cc(C(F)(F)F)c3c(N)c(C(=O)c4ccc(-c5ccc(C(=O)c6sc7nc(-c8ccc(OC)cc8)cc(C(F)(F)F)c7c6N)cc5)cc4)sc3n2)cc1. The van der Waals surface area contributed by atoms with Gasteiger partial charge >= 0.3 is 12.4 Å². The molecule has 8 aromatic rings. The number of ketones is 2. The Balaban J connectivity index is 1.06. The molecule has 0 saturated heterocycles. The van der Waals surface area contributed by atoms with Crippen molar-refractivity contribution in [3.8, 4) is 45.1 Å². The van der Waals surface area contributed by atoms with E-state index in [0.717, 1.165) is 34.8 Å². The van der Waals surface area contributed by atoms with E-state index in [1.807, 2.05) is 0 Å². The van der Waals surface area contributed by atoms with Gasteiger partial charge in [-0.15, -0.1) is 22.7 Å². The predicted molar refractivity (Wildman–Crippen MR) is 221 cm³/mol. The van der Waals surface area contributed by atoms with Gasteiger partial charge in [0.25, 0.3) is 0 Å². The van der Waals surface area contributed by atoms with E-state index in [0.29, 0.717) is 33.8 Å². The molecular weight excluding hydrogens is 827 g/mol. The molecule has 0 amide bonds. The molecule has 0 atom stereocenters. The Bertz CT molecular complexity index is 2760. The van der Waals surface area contributed by atoms with Crippen molar-refractivity contribution in [3.63, 3.8) is 0 Å². The van der Waals surface area contributed by atoms with Gasteiger partial charge in [0.2, 0.25) is 11.6 Å². The summed E-state index contributed by atoms with van der Waals surface area (Å²) >= 11 is 1.53. The number of benzene rings is 4. The number of nitrogens with zero attached hydrogens (tertiary/aromatic N) is 2. The standard InChI is InChI=1S/C44H28F6N4O4S2/c1-57-27-15-11-23(12-16-27)31-19-29(43(45,46)47)33-35(51)39(59-41(33)53-31)37(55)25-7-3-21(4-8-25)22-5-9-26(10-6-22)38(56)40-36(52)34-30(44(48,49)50)20-32(54-42(34)60-40)24-13-17-28(58-2)18-14-24/h3-20H,51-52H2,1-2H3. The highest BCUT2D eigenvalue weighted by molar-refractivity contribution is 7.21. The second-order valence-electron chi connectivity index (χ2n) is 13.4. The van der Waals surface area contributed by atoms with Crippen LogP contribution >= 0.6 is 22.7 Å². The van der Waals surface area contributed by atoms with Crippen LogP contribution in [-0.4, -0.2) is 35.8 Å². The fraction of sp³-hybridized carbons (Fsp3) is 0.0909. The molecular formula is C44H28F6N4O4S2. The zero-order valence-electron chi connectivity index (χ0n) is 31.2. The summed E-state index contributed by atoms with van der Waals surface area (Å²) in [6, 6.07) is 27.1. The number of methoxy groups -OCH3 is 2. The topological polar surface area (TPSA) is 130 Å². The van der Waals surface area contributed by atoms with E-state index in [2.05, 4.69) is 9.97 Å². The van der Waals surface area contributed by atoms with Crippen LogP contribution in [0.1, 0.15) is 41.6 Å². The molecule has 0 aliphatic heterocycles. The number of nitrogens with two attached hydrogens (primary N) is 2. The van der Waals surface area contributed by atoms with Crippen LogP contribution in [0.25, 0.3) is 54.1 Å². The first kappa shape index (κ1) is 40.0. The number of fused-ring (bicyclic) bond motifs is 2. The van der Waals surface area contributed by atoms with E-state index in [9.17, 15) is 35.9 Å². The van der Waals surface area contributed by atoms with Crippen LogP contribution in [0.3, 0.4) is 0 Å². The van der Waals surface area contributed by atoms with Crippen molar-refractivity contribution in [2.24, 2.45) is 0 Å². The molecule has 0 unspecified atom stereocenters. The molecule has 0 aliphatic rings. The molecule has 4 N–H and O–H groups in total. The zero-order valence-corrected chi connectivity index (χ0v) is 32.8. The summed E-state index contributed by atoms with van der Waals surface area (Å²) < 4.78 is 96.4. The number of carbonyl (C=O) groups excluding carboxylic acids is 2. The molecule has 0 saturated carbocycles. The molecule has 0 spiro atoms. The van der Waals surface area contributed by atoms with Crippen molar-refractivity contribution < 1.29 is 45.4 Å². The van der Waals surface area contributed by atoms with Crippen LogP contribution in [0.15, 0.2) is 109 Å². The van der Waals surface area contributed by atoms with Crippen LogP contribution in [-0.2, 0) is 12.4 Å². The maximum absolute atomic E-state index is 14.4. The minimum atomic E-state index is -4.79. The summed E-state index contributed by atoms with van der Waals surface area (Å²) in [5.74, 6) is -0.156. The molecule has 0 aliphatic carbocycles. The second kappa shape index (κ2) is 15.1. The van der Waals surface area contributed by atoms with Gasteiger partial charge in [0, 0.05) is 33.0 Å². The summed E-state index contributed by atoms with van der Waals surface area (Å²) in [5, 5.41) is -0.709. The van der Waals surface area contributed by atoms with Gasteiger partial charge in [-0.05, 0) is 71.8 Å². The number of hydrogen-bond donors (Lipinski definition) is 2. The first-order chi connectivity index (χ1) is 28.5. The van der Waals surface area contributed by atoms with Crippen LogP contribution in [0, 0.1) is 0 Å². The third kappa shape index (κ3) is 7.28. The minimum absolute atomic E-state index is 0.0458. The largest absolute Gasteiger partial charge is 0.497 e. The van der Waals surface area contributed by atoms with Crippen molar-refractivity contribution >= 4 is 66.0 Å². The number of carbonyl (C=O) groups is 2. The van der Waals surface area contributed by atoms with Crippen LogP contribution in [0.5, 0.6) is 11.5 Å². The Morgan fingerprint density at radius 3 is 1.13 bits per heavy atom. The number of halogens is 6. The van der Waals surface area contributed by atoms with Gasteiger partial charge in [-0.25, -0.2) is 9.97 Å². The number of aromatic nitrogens is 2. The first-order valence-corrected chi connectivity index (χ1v) is 19.4. The molecule has 0 fully saturated rings. The van der Waals surface area contributed by atoms with Gasteiger partial charge in [0.1, 0.15) is 30.9 Å². The van der Waals surface area contributed by atoms with E-state index in [1.54, 1.807) is 72.8 Å². The van der Waals surface area contributed by atoms with E-state index in [-0.39, 0.29) is 64.1 Å². The minimum Gasteiger partial charge on any atom is -0.497 e. The Hall–Kier alpha value is -6.78. The number of pyridine rings is 2. The van der Waals surface area contributed by atoms with Crippen LogP contribution < -0.4 is 20.9 Å². The molecule has 0 radical (unpaired) electrons. The molecule has 16 heteroatoms. The Morgan fingerprint density at radius 1 is 0.517 bits per heavy atom. The van der Waals surface area contributed by atoms with Crippen molar-refractivity contribution in [3.05, 3.63) is 141 Å². The second-order valence-corrected chi connectivity index (χ2v) is 15.4. The molecule has 302 valence electrons. The summed E-state index contributed by atoms with van der Waals surface area (Å²) in [5.41, 5.74) is 12.3. The lowest BCUT2D eigenvalue weighted by Crippen LogP contribution is -2.08. The molecule has 0 bridgehead atoms. The van der Waals surface area contributed by atoms with Crippen molar-refractivity contribution in [2.45, 2.75) is 12.4 Å². The zero-order chi connectivity index (χ0) is 42.7. The number of rotatable bonds is 9. The normalized spacial score (nSPS) is 11.9. The fourth-order valence-corrected chi connectivity index (χ4v) is 8.90. The highest BCUT2D eigenvalue weighted by Crippen LogP contribution is 2.46. The average Bonchev–Trinajstić information content (AvgIpc) is 3.77. The highest BCUT2D eigenvalue weighted by Gasteiger charge is 2.38. The lowest BCUT2D eigenvalue weighted by Gasteiger charge is -2.11. The maximum Gasteiger partial charge on any atom is 0.417 e. The van der Waals surface area contributed by atoms with Crippen molar-refractivity contribution in [1.29, 1.82) is 0 Å². The maximum atomic E-state index is 14.4. The highest BCUT2D eigenvalue weighted by atomic mass is 32.1. The van der Waals surface area contributed by atoms with Crippen LogP contribution in [0.2, 0.25) is 0 Å². The Morgan fingerprint density at radius 2 is 0.833 bits per heavy atom. The van der Waals surface area contributed by atoms with Gasteiger partial charge in [0.15, 0.2) is 0 Å². The lowest BCUT2D eigenvalue weighted by molar-refractivity contribution is -0.137. The van der Waals surface area contributed by atoms with Gasteiger partial charge < -0.3 is 20.9 Å². The smallest absolute Gasteiger partial charge is 0.417 e. The Labute approximate surface area is 344 Å². The van der Waals surface area contributed by atoms with Gasteiger partial charge in [-0.1, -0.05) is 48.5 Å². The molecule has 4 aromatic carbocycles. The van der Waals surface area contributed by atoms with E-state index >= 15 is 0 Å². The van der Waals surface area contributed by atoms with Gasteiger partial charge in [-0.3, -0.25) is 9.59 Å². The quantitative estimate of drug-likeness (QED) is 0.108. The number of hydrogen-bond acceptors (Lipinski definition) is 10. The average molecular weight is 855 g/mol. The Kier molecular flexibility index (Phi) is 10.1. The summed E-state index contributed by atoms with van der Waals surface area (Å²) in [6.45, 7) is 0. The molecule has 8 rings (SSSR count). The fourth-order valence-electron chi connectivity index (χ4n) is 6.74. The lowest BCUT2D eigenvalue weighted by atomic mass is 9.99. The number of alkyl halides is 6. The van der Waals surface area contributed by atoms with Crippen molar-refractivity contribution in [2.75, 3.05) is 25.7 Å². The number of ether oxygens (including phenoxy) is 2. The van der Waals surface area contributed by atoms with E-state index in [4.69, 9.17) is 20.9 Å². The molecule has 4 aromatic heterocycles. The van der Waals surface area contributed by atoms with Gasteiger partial charge in [0.05, 0.1) is 48.1 Å². The van der Waals surface area contributed by atoms with E-state index < -0.39 is 35.0 Å². The monoisotopic (exact) mass is 854 g/mol. The third-order valence-electron chi connectivity index (χ3n) is 9.82. The predicted octanol–water partition coefficient (Wildman–Crippen LogP) is 11.6. The van der Waals surface area contributed by atoms with Crippen molar-refractivity contribution in [1.82, 2.24) is 9.97 Å². The number of thiophene rings is 2. The summed E-state index contributed by atoms with van der Waals surface area (Å²) in [4.78, 5) is 36.0. The number of anilines is 2. The summed E-state index contributed by atoms with van der Waals surface area (Å²) in [6.07, 6.45) is -9.58. The van der Waals surface area contributed by atoms with Gasteiger partial charge in [-0.2, -0.15) is 26.3 Å². The molecule has 4 heterocycles. The molecule has 8 nitrogen and oxygen atoms in total. The van der Waals surface area contributed by atoms with Crippen LogP contribution in [0.4, 0.5) is 37.7 Å². The number of nitrogen functional groups attached to an aromatic ring is 2.